The average molecular weight is 272 g/mol. The number of methoxy groups -OCH3 is 1. The van der Waals surface area contributed by atoms with Crippen molar-refractivity contribution in [1.82, 2.24) is 9.97 Å². The van der Waals surface area contributed by atoms with E-state index < -0.39 is 0 Å². The van der Waals surface area contributed by atoms with Gasteiger partial charge in [-0.2, -0.15) is 0 Å². The Balaban J connectivity index is 2.15. The highest BCUT2D eigenvalue weighted by Crippen LogP contribution is 2.21. The molecule has 0 aromatic carbocycles. The number of rotatable bonds is 3. The minimum atomic E-state index is 0.0628. The number of aromatic nitrogens is 2. The molecule has 1 fully saturated rings. The van der Waals surface area contributed by atoms with E-state index in [1.807, 2.05) is 13.8 Å². The van der Waals surface area contributed by atoms with E-state index in [1.54, 1.807) is 13.2 Å². The summed E-state index contributed by atoms with van der Waals surface area (Å²) >= 11 is 5.97. The summed E-state index contributed by atoms with van der Waals surface area (Å²) < 4.78 is 10.9. The van der Waals surface area contributed by atoms with E-state index in [-0.39, 0.29) is 12.2 Å². The summed E-state index contributed by atoms with van der Waals surface area (Å²) in [6, 6.07) is 1.79. The van der Waals surface area contributed by atoms with Gasteiger partial charge < -0.3 is 14.4 Å². The number of ether oxygens (including phenoxy) is 2. The van der Waals surface area contributed by atoms with Crippen molar-refractivity contribution < 1.29 is 9.47 Å². The molecule has 0 spiro atoms. The van der Waals surface area contributed by atoms with Crippen LogP contribution in [-0.2, 0) is 9.47 Å². The lowest BCUT2D eigenvalue weighted by molar-refractivity contribution is -0.0512. The van der Waals surface area contributed by atoms with Crippen molar-refractivity contribution >= 4 is 17.4 Å². The highest BCUT2D eigenvalue weighted by Gasteiger charge is 2.26. The maximum absolute atomic E-state index is 5.97. The molecule has 2 atom stereocenters. The summed E-state index contributed by atoms with van der Waals surface area (Å²) in [6.45, 7) is 6.02. The summed E-state index contributed by atoms with van der Waals surface area (Å²) in [4.78, 5) is 10.7. The van der Waals surface area contributed by atoms with E-state index in [0.29, 0.717) is 17.6 Å². The van der Waals surface area contributed by atoms with Crippen LogP contribution in [0.1, 0.15) is 12.7 Å². The Hall–Kier alpha value is -0.910. The zero-order valence-electron chi connectivity index (χ0n) is 10.9. The quantitative estimate of drug-likeness (QED) is 0.783. The molecule has 5 nitrogen and oxygen atoms in total. The van der Waals surface area contributed by atoms with Crippen molar-refractivity contribution in [1.29, 1.82) is 0 Å². The summed E-state index contributed by atoms with van der Waals surface area (Å²) in [7, 11) is 1.68. The first kappa shape index (κ1) is 13.5. The Labute approximate surface area is 112 Å². The van der Waals surface area contributed by atoms with E-state index in [4.69, 9.17) is 21.1 Å². The molecule has 0 N–H and O–H groups in total. The first-order valence-corrected chi connectivity index (χ1v) is 6.37. The van der Waals surface area contributed by atoms with Crippen LogP contribution in [0.25, 0.3) is 0 Å². The molecule has 2 rings (SSSR count). The lowest BCUT2D eigenvalue weighted by Crippen LogP contribution is -2.48. The van der Waals surface area contributed by atoms with Gasteiger partial charge in [-0.05, 0) is 13.8 Å². The van der Waals surface area contributed by atoms with Crippen LogP contribution in [0.2, 0.25) is 5.15 Å². The monoisotopic (exact) mass is 271 g/mol. The molecule has 18 heavy (non-hydrogen) atoms. The van der Waals surface area contributed by atoms with Gasteiger partial charge in [-0.3, -0.25) is 0 Å². The highest BCUT2D eigenvalue weighted by molar-refractivity contribution is 6.29. The molecule has 2 heterocycles. The third kappa shape index (κ3) is 3.31. The maximum atomic E-state index is 5.97. The molecule has 0 saturated carbocycles. The summed E-state index contributed by atoms with van der Waals surface area (Å²) in [5.41, 5.74) is 0. The number of aryl methyl sites for hydroxylation is 1. The highest BCUT2D eigenvalue weighted by atomic mass is 35.5. The van der Waals surface area contributed by atoms with Gasteiger partial charge in [0.15, 0.2) is 0 Å². The SMILES string of the molecule is COCC1CN(c2cc(Cl)nc(C)n2)CC(C)O1. The molecular weight excluding hydrogens is 254 g/mol. The van der Waals surface area contributed by atoms with Crippen LogP contribution in [0, 0.1) is 6.92 Å². The molecule has 1 aliphatic rings. The Morgan fingerprint density at radius 3 is 2.94 bits per heavy atom. The van der Waals surface area contributed by atoms with Crippen LogP contribution >= 0.6 is 11.6 Å². The van der Waals surface area contributed by atoms with Gasteiger partial charge in [-0.1, -0.05) is 11.6 Å². The van der Waals surface area contributed by atoms with Gasteiger partial charge in [-0.25, -0.2) is 9.97 Å². The second-order valence-corrected chi connectivity index (χ2v) is 4.91. The van der Waals surface area contributed by atoms with Crippen molar-refractivity contribution in [2.45, 2.75) is 26.1 Å². The lowest BCUT2D eigenvalue weighted by atomic mass is 10.2. The smallest absolute Gasteiger partial charge is 0.134 e. The Kier molecular flexibility index (Phi) is 4.37. The van der Waals surface area contributed by atoms with Gasteiger partial charge in [0.2, 0.25) is 0 Å². The minimum absolute atomic E-state index is 0.0628. The predicted octanol–water partition coefficient (Wildman–Crippen LogP) is 1.68. The first-order chi connectivity index (χ1) is 8.58. The standard InChI is InChI=1S/C12H18ClN3O2/c1-8-5-16(6-10(18-8)7-17-3)12-4-11(13)14-9(2)15-12/h4,8,10H,5-7H2,1-3H3. The molecule has 1 aliphatic heterocycles. The predicted molar refractivity (Wildman–Crippen MR) is 70.2 cm³/mol. The Bertz CT molecular complexity index is 396. The van der Waals surface area contributed by atoms with Gasteiger partial charge in [0, 0.05) is 26.3 Å². The van der Waals surface area contributed by atoms with E-state index in [9.17, 15) is 0 Å². The molecule has 100 valence electrons. The third-order valence-electron chi connectivity index (χ3n) is 2.80. The fourth-order valence-corrected chi connectivity index (χ4v) is 2.41. The lowest BCUT2D eigenvalue weighted by Gasteiger charge is -2.37. The van der Waals surface area contributed by atoms with Gasteiger partial charge in [0.25, 0.3) is 0 Å². The van der Waals surface area contributed by atoms with Crippen molar-refractivity contribution in [2.24, 2.45) is 0 Å². The van der Waals surface area contributed by atoms with E-state index in [0.717, 1.165) is 18.9 Å². The second-order valence-electron chi connectivity index (χ2n) is 4.53. The third-order valence-corrected chi connectivity index (χ3v) is 2.99. The van der Waals surface area contributed by atoms with Crippen molar-refractivity contribution in [2.75, 3.05) is 31.7 Å². The van der Waals surface area contributed by atoms with E-state index in [2.05, 4.69) is 14.9 Å². The van der Waals surface area contributed by atoms with Gasteiger partial charge in [-0.15, -0.1) is 0 Å². The zero-order chi connectivity index (χ0) is 13.1. The van der Waals surface area contributed by atoms with Crippen molar-refractivity contribution in [3.63, 3.8) is 0 Å². The van der Waals surface area contributed by atoms with E-state index >= 15 is 0 Å². The van der Waals surface area contributed by atoms with Crippen LogP contribution in [0.4, 0.5) is 5.82 Å². The van der Waals surface area contributed by atoms with Crippen LogP contribution in [-0.4, -0.2) is 49.0 Å². The number of anilines is 1. The molecule has 1 aromatic heterocycles. The summed E-state index contributed by atoms with van der Waals surface area (Å²) in [6.07, 6.45) is 0.209. The first-order valence-electron chi connectivity index (χ1n) is 5.99. The van der Waals surface area contributed by atoms with Crippen LogP contribution < -0.4 is 4.90 Å². The Morgan fingerprint density at radius 2 is 2.28 bits per heavy atom. The summed E-state index contributed by atoms with van der Waals surface area (Å²) in [5.74, 6) is 1.53. The molecule has 0 radical (unpaired) electrons. The van der Waals surface area contributed by atoms with Crippen LogP contribution in [0.3, 0.4) is 0 Å². The molecule has 6 heteroatoms. The topological polar surface area (TPSA) is 47.5 Å². The molecule has 1 saturated heterocycles. The van der Waals surface area contributed by atoms with Crippen molar-refractivity contribution in [3.05, 3.63) is 17.0 Å². The maximum Gasteiger partial charge on any atom is 0.134 e. The minimum Gasteiger partial charge on any atom is -0.382 e. The number of halogens is 1. The average Bonchev–Trinajstić information content (AvgIpc) is 2.27. The molecule has 2 unspecified atom stereocenters. The summed E-state index contributed by atoms with van der Waals surface area (Å²) in [5, 5.41) is 0.472. The van der Waals surface area contributed by atoms with Crippen molar-refractivity contribution in [3.8, 4) is 0 Å². The Morgan fingerprint density at radius 1 is 1.50 bits per heavy atom. The van der Waals surface area contributed by atoms with E-state index in [1.165, 1.54) is 0 Å². The van der Waals surface area contributed by atoms with Gasteiger partial charge in [0.05, 0.1) is 18.8 Å². The molecular formula is C12H18ClN3O2. The zero-order valence-corrected chi connectivity index (χ0v) is 11.6. The van der Waals surface area contributed by atoms with Crippen LogP contribution in [0.5, 0.6) is 0 Å². The fraction of sp³-hybridized carbons (Fsp3) is 0.667. The fourth-order valence-electron chi connectivity index (χ4n) is 2.19. The molecule has 1 aromatic rings. The normalized spacial score (nSPS) is 24.3. The number of hydrogen-bond donors (Lipinski definition) is 0. The van der Waals surface area contributed by atoms with Gasteiger partial charge >= 0.3 is 0 Å². The number of hydrogen-bond acceptors (Lipinski definition) is 5. The molecule has 0 aliphatic carbocycles. The second kappa shape index (κ2) is 5.82. The largest absolute Gasteiger partial charge is 0.382 e. The number of nitrogens with zero attached hydrogens (tertiary/aromatic N) is 3. The van der Waals surface area contributed by atoms with Crippen LogP contribution in [0.15, 0.2) is 6.07 Å². The van der Waals surface area contributed by atoms with Gasteiger partial charge in [0.1, 0.15) is 16.8 Å². The molecule has 0 bridgehead atoms. The molecule has 0 amide bonds. The number of morpholine rings is 1.